The Morgan fingerprint density at radius 2 is 1.97 bits per heavy atom. The van der Waals surface area contributed by atoms with Crippen molar-refractivity contribution in [2.45, 2.75) is 19.4 Å². The summed E-state index contributed by atoms with van der Waals surface area (Å²) in [5, 5.41) is 11.4. The molecule has 1 atom stereocenters. The van der Waals surface area contributed by atoms with E-state index >= 15 is 0 Å². The summed E-state index contributed by atoms with van der Waals surface area (Å²) in [7, 11) is 0. The second kappa shape index (κ2) is 9.36. The molecule has 0 bridgehead atoms. The van der Waals surface area contributed by atoms with Gasteiger partial charge in [-0.3, -0.25) is 23.9 Å². The maximum atomic E-state index is 13.3. The summed E-state index contributed by atoms with van der Waals surface area (Å²) in [5.41, 5.74) is 2.39. The molecule has 0 saturated carbocycles. The van der Waals surface area contributed by atoms with E-state index in [2.05, 4.69) is 14.9 Å². The van der Waals surface area contributed by atoms with Crippen molar-refractivity contribution in [2.75, 3.05) is 39.4 Å². The minimum atomic E-state index is -0.716. The number of aliphatic hydroxyl groups excluding tert-OH is 1. The molecule has 2 aliphatic rings. The molecule has 2 fully saturated rings. The second-order valence-electron chi connectivity index (χ2n) is 8.56. The Bertz CT molecular complexity index is 1250. The van der Waals surface area contributed by atoms with E-state index in [0.29, 0.717) is 48.8 Å². The maximum absolute atomic E-state index is 13.3. The highest BCUT2D eigenvalue weighted by Crippen LogP contribution is 2.39. The lowest BCUT2D eigenvalue weighted by molar-refractivity contribution is -0.140. The SMILES string of the molecule is Cc1nc2ccccn2c1/C(O)=C1\C(=O)C(=O)N(CCCN2CCOCC2)[C@H]1c1cccnc1. The maximum Gasteiger partial charge on any atom is 0.295 e. The van der Waals surface area contributed by atoms with Gasteiger partial charge in [0.1, 0.15) is 11.3 Å². The third-order valence-corrected chi connectivity index (χ3v) is 6.45. The van der Waals surface area contributed by atoms with Crippen LogP contribution in [0.25, 0.3) is 11.4 Å². The number of aliphatic hydroxyl groups is 1. The normalized spacial score (nSPS) is 21.0. The van der Waals surface area contributed by atoms with E-state index in [-0.39, 0.29) is 11.3 Å². The number of aromatic nitrogens is 3. The molecule has 3 aromatic heterocycles. The van der Waals surface area contributed by atoms with Crippen molar-refractivity contribution in [2.24, 2.45) is 0 Å². The van der Waals surface area contributed by atoms with E-state index in [1.165, 1.54) is 0 Å². The van der Waals surface area contributed by atoms with Gasteiger partial charge in [0, 0.05) is 44.8 Å². The van der Waals surface area contributed by atoms with Crippen LogP contribution in [0.3, 0.4) is 0 Å². The largest absolute Gasteiger partial charge is 0.505 e. The van der Waals surface area contributed by atoms with Crippen molar-refractivity contribution in [3.63, 3.8) is 0 Å². The van der Waals surface area contributed by atoms with Gasteiger partial charge < -0.3 is 14.7 Å². The molecule has 0 aromatic carbocycles. The average Bonchev–Trinajstić information content (AvgIpc) is 3.33. The molecule has 9 heteroatoms. The fourth-order valence-corrected chi connectivity index (χ4v) is 4.81. The van der Waals surface area contributed by atoms with E-state index < -0.39 is 17.7 Å². The van der Waals surface area contributed by atoms with Crippen molar-refractivity contribution in [3.05, 3.63) is 71.4 Å². The Balaban J connectivity index is 1.53. The highest BCUT2D eigenvalue weighted by molar-refractivity contribution is 6.46. The molecule has 5 rings (SSSR count). The van der Waals surface area contributed by atoms with Crippen LogP contribution < -0.4 is 0 Å². The minimum absolute atomic E-state index is 0.0677. The molecule has 0 radical (unpaired) electrons. The van der Waals surface area contributed by atoms with E-state index in [9.17, 15) is 14.7 Å². The number of fused-ring (bicyclic) bond motifs is 1. The fourth-order valence-electron chi connectivity index (χ4n) is 4.81. The summed E-state index contributed by atoms with van der Waals surface area (Å²) in [6, 6.07) is 8.39. The van der Waals surface area contributed by atoms with E-state index in [0.717, 1.165) is 19.6 Å². The molecule has 0 spiro atoms. The number of pyridine rings is 2. The van der Waals surface area contributed by atoms with Gasteiger partial charge in [0.2, 0.25) is 0 Å². The molecule has 34 heavy (non-hydrogen) atoms. The first-order valence-corrected chi connectivity index (χ1v) is 11.5. The minimum Gasteiger partial charge on any atom is -0.505 e. The lowest BCUT2D eigenvalue weighted by Gasteiger charge is -2.29. The number of ether oxygens (including phenoxy) is 1. The molecular weight excluding hydrogens is 434 g/mol. The Kier molecular flexibility index (Phi) is 6.12. The lowest BCUT2D eigenvalue weighted by Crippen LogP contribution is -2.39. The summed E-state index contributed by atoms with van der Waals surface area (Å²) < 4.78 is 7.14. The molecular formula is C25H27N5O4. The van der Waals surface area contributed by atoms with Crippen LogP contribution in [0, 0.1) is 6.92 Å². The molecule has 0 unspecified atom stereocenters. The Morgan fingerprint density at radius 1 is 1.15 bits per heavy atom. The summed E-state index contributed by atoms with van der Waals surface area (Å²) >= 11 is 0. The number of Topliss-reactive ketones (excluding diaryl/α,β-unsaturated/α-hetero) is 1. The Hall–Kier alpha value is -3.56. The van der Waals surface area contributed by atoms with Gasteiger partial charge >= 0.3 is 0 Å². The second-order valence-corrected chi connectivity index (χ2v) is 8.56. The number of imidazole rings is 1. The van der Waals surface area contributed by atoms with E-state index in [1.807, 2.05) is 24.3 Å². The zero-order valence-corrected chi connectivity index (χ0v) is 19.1. The lowest BCUT2D eigenvalue weighted by atomic mass is 9.97. The predicted molar refractivity (Wildman–Crippen MR) is 125 cm³/mol. The highest BCUT2D eigenvalue weighted by Gasteiger charge is 2.46. The van der Waals surface area contributed by atoms with Crippen molar-refractivity contribution in [1.82, 2.24) is 24.2 Å². The van der Waals surface area contributed by atoms with Crippen LogP contribution >= 0.6 is 0 Å². The van der Waals surface area contributed by atoms with Gasteiger partial charge in [0.05, 0.1) is 30.5 Å². The van der Waals surface area contributed by atoms with Crippen molar-refractivity contribution in [3.8, 4) is 0 Å². The zero-order valence-electron chi connectivity index (χ0n) is 19.1. The van der Waals surface area contributed by atoms with E-state index in [1.54, 1.807) is 40.9 Å². The Labute approximate surface area is 197 Å². The first-order valence-electron chi connectivity index (χ1n) is 11.5. The number of ketones is 1. The van der Waals surface area contributed by atoms with Crippen LogP contribution in [-0.2, 0) is 14.3 Å². The quantitative estimate of drug-likeness (QED) is 0.341. The summed E-state index contributed by atoms with van der Waals surface area (Å²) in [6.07, 6.45) is 5.77. The zero-order chi connectivity index (χ0) is 23.7. The van der Waals surface area contributed by atoms with Crippen molar-refractivity contribution < 1.29 is 19.4 Å². The number of carbonyl (C=O) groups is 2. The van der Waals surface area contributed by atoms with Crippen LogP contribution in [0.2, 0.25) is 0 Å². The molecule has 1 N–H and O–H groups in total. The number of likely N-dealkylation sites (tertiary alicyclic amines) is 1. The molecule has 9 nitrogen and oxygen atoms in total. The molecule has 3 aromatic rings. The summed E-state index contributed by atoms with van der Waals surface area (Å²) in [6.45, 7) is 6.11. The number of amides is 1. The monoisotopic (exact) mass is 461 g/mol. The molecule has 1 amide bonds. The van der Waals surface area contributed by atoms with Gasteiger partial charge in [-0.2, -0.15) is 0 Å². The van der Waals surface area contributed by atoms with Crippen molar-refractivity contribution >= 4 is 23.1 Å². The van der Waals surface area contributed by atoms with Crippen LogP contribution in [0.15, 0.2) is 54.5 Å². The van der Waals surface area contributed by atoms with Gasteiger partial charge in [0.15, 0.2) is 5.76 Å². The van der Waals surface area contributed by atoms with Crippen LogP contribution in [0.4, 0.5) is 0 Å². The number of morpholine rings is 1. The first-order chi connectivity index (χ1) is 16.6. The predicted octanol–water partition coefficient (Wildman–Crippen LogP) is 2.18. The summed E-state index contributed by atoms with van der Waals surface area (Å²) in [5.74, 6) is -1.52. The molecule has 5 heterocycles. The molecule has 2 aliphatic heterocycles. The van der Waals surface area contributed by atoms with Gasteiger partial charge in [-0.25, -0.2) is 4.98 Å². The topological polar surface area (TPSA) is 100 Å². The summed E-state index contributed by atoms with van der Waals surface area (Å²) in [4.78, 5) is 39.0. The molecule has 0 aliphatic carbocycles. The number of nitrogens with zero attached hydrogens (tertiary/aromatic N) is 5. The number of rotatable bonds is 6. The number of hydrogen-bond acceptors (Lipinski definition) is 7. The average molecular weight is 462 g/mol. The van der Waals surface area contributed by atoms with Crippen molar-refractivity contribution in [1.29, 1.82) is 0 Å². The fraction of sp³-hybridized carbons (Fsp3) is 0.360. The first kappa shape index (κ1) is 22.2. The number of hydrogen-bond donors (Lipinski definition) is 1. The number of aryl methyl sites for hydroxylation is 1. The smallest absolute Gasteiger partial charge is 0.295 e. The highest BCUT2D eigenvalue weighted by atomic mass is 16.5. The third-order valence-electron chi connectivity index (χ3n) is 6.45. The number of carbonyl (C=O) groups excluding carboxylic acids is 2. The molecule has 2 saturated heterocycles. The van der Waals surface area contributed by atoms with Crippen LogP contribution in [0.1, 0.15) is 29.4 Å². The Morgan fingerprint density at radius 3 is 2.74 bits per heavy atom. The van der Waals surface area contributed by atoms with Crippen LogP contribution in [0.5, 0.6) is 0 Å². The van der Waals surface area contributed by atoms with Gasteiger partial charge in [0.25, 0.3) is 11.7 Å². The van der Waals surface area contributed by atoms with E-state index in [4.69, 9.17) is 4.74 Å². The van der Waals surface area contributed by atoms with Gasteiger partial charge in [-0.15, -0.1) is 0 Å². The van der Waals surface area contributed by atoms with Gasteiger partial charge in [-0.05, 0) is 37.1 Å². The molecule has 176 valence electrons. The third kappa shape index (κ3) is 3.97. The standard InChI is InChI=1S/C25H27N5O4/c1-17-21(29-10-3-2-7-19(29)27-17)23(31)20-22(18-6-4-8-26-16-18)30(25(33)24(20)32)11-5-9-28-12-14-34-15-13-28/h2-4,6-8,10,16,22,31H,5,9,11-15H2,1H3/b23-20+/t22-/m0/s1. The van der Waals surface area contributed by atoms with Crippen LogP contribution in [-0.4, -0.2) is 80.4 Å². The van der Waals surface area contributed by atoms with Gasteiger partial charge in [-0.1, -0.05) is 12.1 Å².